The molecular weight excluding hydrogens is 378 g/mol. The monoisotopic (exact) mass is 405 g/mol. The molecule has 1 N–H and O–H groups in total. The maximum atomic E-state index is 12.1. The SMILES string of the molecule is CCN(CC)C(=O)CCCC(=O)Nc1nc(-c2ccc(OC)c(OC)c2)cs1. The summed E-state index contributed by atoms with van der Waals surface area (Å²) in [5.74, 6) is 1.22. The van der Waals surface area contributed by atoms with Crippen LogP contribution in [-0.4, -0.2) is 49.0 Å². The predicted octanol–water partition coefficient (Wildman–Crippen LogP) is 3.80. The highest BCUT2D eigenvalue weighted by Gasteiger charge is 2.13. The Kier molecular flexibility index (Phi) is 8.25. The maximum absolute atomic E-state index is 12.1. The molecule has 0 aliphatic rings. The quantitative estimate of drug-likeness (QED) is 0.650. The highest BCUT2D eigenvalue weighted by atomic mass is 32.1. The smallest absolute Gasteiger partial charge is 0.226 e. The molecule has 2 rings (SSSR count). The van der Waals surface area contributed by atoms with Crippen LogP contribution < -0.4 is 14.8 Å². The Morgan fingerprint density at radius 1 is 1.11 bits per heavy atom. The molecule has 0 aliphatic heterocycles. The van der Waals surface area contributed by atoms with Crippen LogP contribution in [-0.2, 0) is 9.59 Å². The molecule has 0 unspecified atom stereocenters. The number of hydrogen-bond acceptors (Lipinski definition) is 6. The van der Waals surface area contributed by atoms with E-state index in [4.69, 9.17) is 9.47 Å². The number of hydrogen-bond donors (Lipinski definition) is 1. The van der Waals surface area contributed by atoms with Gasteiger partial charge < -0.3 is 19.7 Å². The van der Waals surface area contributed by atoms with Crippen molar-refractivity contribution in [3.63, 3.8) is 0 Å². The Balaban J connectivity index is 1.90. The fourth-order valence-electron chi connectivity index (χ4n) is 2.78. The van der Waals surface area contributed by atoms with Gasteiger partial charge in [0.05, 0.1) is 19.9 Å². The average Bonchev–Trinajstić information content (AvgIpc) is 3.16. The van der Waals surface area contributed by atoms with Gasteiger partial charge in [-0.1, -0.05) is 0 Å². The molecule has 0 fully saturated rings. The fraction of sp³-hybridized carbons (Fsp3) is 0.450. The van der Waals surface area contributed by atoms with E-state index in [1.807, 2.05) is 37.4 Å². The zero-order chi connectivity index (χ0) is 20.5. The number of carbonyl (C=O) groups is 2. The van der Waals surface area contributed by atoms with Gasteiger partial charge in [-0.25, -0.2) is 4.98 Å². The number of ether oxygens (including phenoxy) is 2. The third-order valence-electron chi connectivity index (χ3n) is 4.34. The topological polar surface area (TPSA) is 80.8 Å². The molecule has 0 saturated carbocycles. The normalized spacial score (nSPS) is 10.4. The molecule has 28 heavy (non-hydrogen) atoms. The second kappa shape index (κ2) is 10.7. The van der Waals surface area contributed by atoms with Crippen LogP contribution in [0.1, 0.15) is 33.1 Å². The van der Waals surface area contributed by atoms with Crippen LogP contribution in [0.25, 0.3) is 11.3 Å². The lowest BCUT2D eigenvalue weighted by atomic mass is 10.1. The largest absolute Gasteiger partial charge is 0.493 e. The van der Waals surface area contributed by atoms with Gasteiger partial charge in [0.15, 0.2) is 16.6 Å². The van der Waals surface area contributed by atoms with E-state index in [0.29, 0.717) is 42.6 Å². The van der Waals surface area contributed by atoms with E-state index in [1.165, 1.54) is 11.3 Å². The number of methoxy groups -OCH3 is 2. The zero-order valence-electron chi connectivity index (χ0n) is 16.8. The first-order chi connectivity index (χ1) is 13.5. The lowest BCUT2D eigenvalue weighted by molar-refractivity contribution is -0.130. The number of benzene rings is 1. The number of carbonyl (C=O) groups excluding carboxylic acids is 2. The molecule has 1 aromatic carbocycles. The minimum Gasteiger partial charge on any atom is -0.493 e. The number of anilines is 1. The van der Waals surface area contributed by atoms with Crippen molar-refractivity contribution in [2.24, 2.45) is 0 Å². The number of nitrogens with zero attached hydrogens (tertiary/aromatic N) is 2. The summed E-state index contributed by atoms with van der Waals surface area (Å²) < 4.78 is 10.6. The van der Waals surface area contributed by atoms with Crippen molar-refractivity contribution >= 4 is 28.3 Å². The number of thiazole rings is 1. The van der Waals surface area contributed by atoms with Crippen LogP contribution in [0.3, 0.4) is 0 Å². The number of aromatic nitrogens is 1. The van der Waals surface area contributed by atoms with Crippen LogP contribution in [0.4, 0.5) is 5.13 Å². The molecular formula is C20H27N3O4S. The third-order valence-corrected chi connectivity index (χ3v) is 5.10. The van der Waals surface area contributed by atoms with Crippen molar-refractivity contribution in [3.8, 4) is 22.8 Å². The zero-order valence-corrected chi connectivity index (χ0v) is 17.6. The fourth-order valence-corrected chi connectivity index (χ4v) is 3.51. The van der Waals surface area contributed by atoms with Crippen molar-refractivity contribution in [2.75, 3.05) is 32.6 Å². The molecule has 152 valence electrons. The molecule has 1 heterocycles. The summed E-state index contributed by atoms with van der Waals surface area (Å²) in [5.41, 5.74) is 1.62. The van der Waals surface area contributed by atoms with E-state index >= 15 is 0 Å². The molecule has 1 aromatic heterocycles. The standard InChI is InChI=1S/C20H27N3O4S/c1-5-23(6-2)19(25)9-7-8-18(24)22-20-21-15(13-28-20)14-10-11-16(26-3)17(12-14)27-4/h10-13H,5-9H2,1-4H3,(H,21,22,24). The Bertz CT molecular complexity index is 802. The van der Waals surface area contributed by atoms with Gasteiger partial charge in [0, 0.05) is 36.9 Å². The Labute approximate surface area is 169 Å². The molecule has 0 bridgehead atoms. The number of amides is 2. The molecule has 0 spiro atoms. The van der Waals surface area contributed by atoms with Crippen LogP contribution >= 0.6 is 11.3 Å². The Hall–Kier alpha value is -2.61. The van der Waals surface area contributed by atoms with Crippen molar-refractivity contribution < 1.29 is 19.1 Å². The first-order valence-corrected chi connectivity index (χ1v) is 10.2. The van der Waals surface area contributed by atoms with Gasteiger partial charge in [-0.3, -0.25) is 9.59 Å². The van der Waals surface area contributed by atoms with Gasteiger partial charge in [-0.2, -0.15) is 0 Å². The summed E-state index contributed by atoms with van der Waals surface area (Å²) in [6, 6.07) is 5.55. The summed E-state index contributed by atoms with van der Waals surface area (Å²) >= 11 is 1.36. The van der Waals surface area contributed by atoms with Crippen LogP contribution in [0.5, 0.6) is 11.5 Å². The number of rotatable bonds is 10. The van der Waals surface area contributed by atoms with Gasteiger partial charge in [0.1, 0.15) is 0 Å². The highest BCUT2D eigenvalue weighted by molar-refractivity contribution is 7.14. The minimum absolute atomic E-state index is 0.0859. The summed E-state index contributed by atoms with van der Waals surface area (Å²) in [6.45, 7) is 5.29. The molecule has 2 amide bonds. The van der Waals surface area contributed by atoms with Gasteiger partial charge in [0.2, 0.25) is 11.8 Å². The lowest BCUT2D eigenvalue weighted by Gasteiger charge is -2.18. The predicted molar refractivity (Wildman–Crippen MR) is 111 cm³/mol. The molecule has 0 radical (unpaired) electrons. The van der Waals surface area contributed by atoms with E-state index in [1.54, 1.807) is 19.1 Å². The summed E-state index contributed by atoms with van der Waals surface area (Å²) in [4.78, 5) is 30.3. The summed E-state index contributed by atoms with van der Waals surface area (Å²) in [6.07, 6.45) is 1.19. The minimum atomic E-state index is -0.138. The van der Waals surface area contributed by atoms with Gasteiger partial charge >= 0.3 is 0 Å². The molecule has 8 heteroatoms. The van der Waals surface area contributed by atoms with E-state index in [0.717, 1.165) is 11.3 Å². The Morgan fingerprint density at radius 2 is 1.82 bits per heavy atom. The van der Waals surface area contributed by atoms with E-state index in [9.17, 15) is 9.59 Å². The molecule has 7 nitrogen and oxygen atoms in total. The maximum Gasteiger partial charge on any atom is 0.226 e. The van der Waals surface area contributed by atoms with Crippen LogP contribution in [0, 0.1) is 0 Å². The first-order valence-electron chi connectivity index (χ1n) is 9.27. The van der Waals surface area contributed by atoms with Gasteiger partial charge in [-0.15, -0.1) is 11.3 Å². The van der Waals surface area contributed by atoms with Crippen molar-refractivity contribution in [2.45, 2.75) is 33.1 Å². The number of nitrogens with one attached hydrogen (secondary N) is 1. The van der Waals surface area contributed by atoms with Crippen molar-refractivity contribution in [1.29, 1.82) is 0 Å². The van der Waals surface area contributed by atoms with E-state index in [-0.39, 0.29) is 18.2 Å². The third kappa shape index (κ3) is 5.69. The van der Waals surface area contributed by atoms with Crippen LogP contribution in [0.2, 0.25) is 0 Å². The summed E-state index contributed by atoms with van der Waals surface area (Å²) in [7, 11) is 3.17. The van der Waals surface area contributed by atoms with E-state index in [2.05, 4.69) is 10.3 Å². The molecule has 0 saturated heterocycles. The Morgan fingerprint density at radius 3 is 2.46 bits per heavy atom. The molecule has 0 aliphatic carbocycles. The molecule has 2 aromatic rings. The second-order valence-electron chi connectivity index (χ2n) is 6.08. The lowest BCUT2D eigenvalue weighted by Crippen LogP contribution is -2.30. The van der Waals surface area contributed by atoms with Gasteiger partial charge in [0.25, 0.3) is 0 Å². The van der Waals surface area contributed by atoms with Crippen molar-refractivity contribution in [3.05, 3.63) is 23.6 Å². The first kappa shape index (κ1) is 21.7. The van der Waals surface area contributed by atoms with Crippen molar-refractivity contribution in [1.82, 2.24) is 9.88 Å². The van der Waals surface area contributed by atoms with Crippen LogP contribution in [0.15, 0.2) is 23.6 Å². The van der Waals surface area contributed by atoms with E-state index < -0.39 is 0 Å². The average molecular weight is 406 g/mol. The summed E-state index contributed by atoms with van der Waals surface area (Å²) in [5, 5.41) is 5.21. The molecule has 0 atom stereocenters. The van der Waals surface area contributed by atoms with Gasteiger partial charge in [-0.05, 0) is 38.5 Å². The highest BCUT2D eigenvalue weighted by Crippen LogP contribution is 2.33. The second-order valence-corrected chi connectivity index (χ2v) is 6.93.